The van der Waals surface area contributed by atoms with Gasteiger partial charge in [0.25, 0.3) is 0 Å². The summed E-state index contributed by atoms with van der Waals surface area (Å²) in [7, 11) is 1.95. The summed E-state index contributed by atoms with van der Waals surface area (Å²) >= 11 is 6.24. The minimum absolute atomic E-state index is 0.0636. The molecule has 0 aromatic heterocycles. The van der Waals surface area contributed by atoms with Crippen LogP contribution in [-0.2, 0) is 10.3 Å². The first kappa shape index (κ1) is 15.1. The third kappa shape index (κ3) is 3.44. The Morgan fingerprint density at radius 1 is 1.35 bits per heavy atom. The molecule has 0 aliphatic heterocycles. The molecule has 2 N–H and O–H groups in total. The summed E-state index contributed by atoms with van der Waals surface area (Å²) in [6.45, 7) is 5.46. The van der Waals surface area contributed by atoms with E-state index < -0.39 is 11.7 Å². The van der Waals surface area contributed by atoms with Crippen LogP contribution < -0.4 is 10.6 Å². The topological polar surface area (TPSA) is 50.4 Å². The van der Waals surface area contributed by atoms with Crippen LogP contribution in [0, 0.1) is 0 Å². The number of carbonyl (C=O) groups excluding carboxylic acids is 1. The highest BCUT2D eigenvalue weighted by Crippen LogP contribution is 2.46. The van der Waals surface area contributed by atoms with Gasteiger partial charge in [0.15, 0.2) is 0 Å². The molecule has 1 amide bonds. The fourth-order valence-electron chi connectivity index (χ4n) is 2.14. The zero-order valence-electron chi connectivity index (χ0n) is 12.3. The van der Waals surface area contributed by atoms with Crippen LogP contribution in [0.25, 0.3) is 0 Å². The summed E-state index contributed by atoms with van der Waals surface area (Å²) in [5, 5.41) is 6.51. The maximum Gasteiger partial charge on any atom is 0.412 e. The quantitative estimate of drug-likeness (QED) is 0.889. The molecule has 1 aliphatic carbocycles. The van der Waals surface area contributed by atoms with Crippen LogP contribution in [0.5, 0.6) is 0 Å². The Balaban J connectivity index is 2.09. The average Bonchev–Trinajstić information content (AvgIpc) is 3.10. The maximum atomic E-state index is 11.7. The fourth-order valence-corrected chi connectivity index (χ4v) is 2.36. The van der Waals surface area contributed by atoms with Gasteiger partial charge in [-0.25, -0.2) is 4.79 Å². The predicted octanol–water partition coefficient (Wildman–Crippen LogP) is 3.90. The molecular formula is C15H21ClN2O2. The second kappa shape index (κ2) is 5.26. The third-order valence-electron chi connectivity index (χ3n) is 3.39. The summed E-state index contributed by atoms with van der Waals surface area (Å²) in [4.78, 5) is 11.7. The second-order valence-corrected chi connectivity index (χ2v) is 6.56. The molecule has 110 valence electrons. The highest BCUT2D eigenvalue weighted by atomic mass is 35.5. The van der Waals surface area contributed by atoms with E-state index >= 15 is 0 Å². The lowest BCUT2D eigenvalue weighted by Gasteiger charge is -2.20. The number of carbonyl (C=O) groups is 1. The molecule has 1 aliphatic rings. The van der Waals surface area contributed by atoms with Crippen molar-refractivity contribution in [1.29, 1.82) is 0 Å². The number of nitrogens with one attached hydrogen (secondary N) is 2. The number of rotatable bonds is 3. The number of ether oxygens (including phenoxy) is 1. The van der Waals surface area contributed by atoms with E-state index in [0.29, 0.717) is 10.7 Å². The molecule has 0 heterocycles. The molecule has 1 aromatic carbocycles. The van der Waals surface area contributed by atoms with Crippen molar-refractivity contribution in [2.24, 2.45) is 0 Å². The molecule has 0 unspecified atom stereocenters. The highest BCUT2D eigenvalue weighted by Gasteiger charge is 2.42. The fraction of sp³-hybridized carbons (Fsp3) is 0.533. The molecule has 1 aromatic rings. The van der Waals surface area contributed by atoms with Gasteiger partial charge in [-0.3, -0.25) is 5.32 Å². The van der Waals surface area contributed by atoms with Gasteiger partial charge in [-0.15, -0.1) is 0 Å². The Hall–Kier alpha value is -1.26. The van der Waals surface area contributed by atoms with E-state index in [2.05, 4.69) is 10.6 Å². The van der Waals surface area contributed by atoms with Crippen molar-refractivity contribution in [2.75, 3.05) is 12.4 Å². The standard InChI is InChI=1S/C15H21ClN2O2/c1-14(2,3)20-13(19)18-12-6-5-10(9-11(12)16)15(17-4)7-8-15/h5-6,9,17H,7-8H2,1-4H3,(H,18,19). The lowest BCUT2D eigenvalue weighted by Crippen LogP contribution is -2.27. The molecule has 0 spiro atoms. The number of anilines is 1. The van der Waals surface area contributed by atoms with E-state index in [1.54, 1.807) is 0 Å². The Kier molecular flexibility index (Phi) is 3.98. The van der Waals surface area contributed by atoms with Crippen LogP contribution in [0.1, 0.15) is 39.2 Å². The molecule has 4 nitrogen and oxygen atoms in total. The first-order valence-electron chi connectivity index (χ1n) is 6.75. The van der Waals surface area contributed by atoms with Crippen molar-refractivity contribution in [3.8, 4) is 0 Å². The van der Waals surface area contributed by atoms with E-state index in [1.807, 2.05) is 46.0 Å². The van der Waals surface area contributed by atoms with Gasteiger partial charge in [0.1, 0.15) is 5.60 Å². The highest BCUT2D eigenvalue weighted by molar-refractivity contribution is 6.33. The molecular weight excluding hydrogens is 276 g/mol. The van der Waals surface area contributed by atoms with Crippen molar-refractivity contribution in [3.63, 3.8) is 0 Å². The predicted molar refractivity (Wildman–Crippen MR) is 81.3 cm³/mol. The Morgan fingerprint density at radius 3 is 2.45 bits per heavy atom. The molecule has 5 heteroatoms. The van der Waals surface area contributed by atoms with Crippen LogP contribution in [0.15, 0.2) is 18.2 Å². The molecule has 0 saturated heterocycles. The SMILES string of the molecule is CNC1(c2ccc(NC(=O)OC(C)(C)C)c(Cl)c2)CC1. The largest absolute Gasteiger partial charge is 0.444 e. The van der Waals surface area contributed by atoms with Crippen LogP contribution in [0.4, 0.5) is 10.5 Å². The van der Waals surface area contributed by atoms with Crippen LogP contribution in [0.2, 0.25) is 5.02 Å². The van der Waals surface area contributed by atoms with Gasteiger partial charge >= 0.3 is 6.09 Å². The summed E-state index contributed by atoms with van der Waals surface area (Å²) in [5.74, 6) is 0. The first-order valence-corrected chi connectivity index (χ1v) is 7.12. The van der Waals surface area contributed by atoms with Crippen LogP contribution >= 0.6 is 11.6 Å². The van der Waals surface area contributed by atoms with Gasteiger partial charge in [0.2, 0.25) is 0 Å². The molecule has 1 saturated carbocycles. The number of halogens is 1. The molecule has 2 rings (SSSR count). The summed E-state index contributed by atoms with van der Waals surface area (Å²) in [6, 6.07) is 5.71. The van der Waals surface area contributed by atoms with Crippen molar-refractivity contribution in [3.05, 3.63) is 28.8 Å². The minimum atomic E-state index is -0.527. The van der Waals surface area contributed by atoms with Crippen LogP contribution in [0.3, 0.4) is 0 Å². The van der Waals surface area contributed by atoms with Crippen molar-refractivity contribution in [1.82, 2.24) is 5.32 Å². The Labute approximate surface area is 124 Å². The molecule has 0 bridgehead atoms. The van der Waals surface area contributed by atoms with Crippen molar-refractivity contribution >= 4 is 23.4 Å². The normalized spacial score (nSPS) is 16.6. The zero-order valence-corrected chi connectivity index (χ0v) is 13.1. The lowest BCUT2D eigenvalue weighted by molar-refractivity contribution is 0.0636. The third-order valence-corrected chi connectivity index (χ3v) is 3.70. The van der Waals surface area contributed by atoms with Crippen molar-refractivity contribution in [2.45, 2.75) is 44.8 Å². The van der Waals surface area contributed by atoms with Gasteiger partial charge in [0.05, 0.1) is 10.7 Å². The van der Waals surface area contributed by atoms with E-state index in [4.69, 9.17) is 16.3 Å². The lowest BCUT2D eigenvalue weighted by atomic mass is 10.0. The summed E-state index contributed by atoms with van der Waals surface area (Å²) in [6.07, 6.45) is 1.72. The number of hydrogen-bond donors (Lipinski definition) is 2. The Bertz CT molecular complexity index is 519. The first-order chi connectivity index (χ1) is 9.26. The van der Waals surface area contributed by atoms with E-state index in [0.717, 1.165) is 18.4 Å². The van der Waals surface area contributed by atoms with Crippen molar-refractivity contribution < 1.29 is 9.53 Å². The molecule has 0 atom stereocenters. The number of amides is 1. The average molecular weight is 297 g/mol. The van der Waals surface area contributed by atoms with Gasteiger partial charge in [-0.2, -0.15) is 0 Å². The van der Waals surface area contributed by atoms with Gasteiger partial charge in [-0.1, -0.05) is 17.7 Å². The smallest absolute Gasteiger partial charge is 0.412 e. The van der Waals surface area contributed by atoms with E-state index in [9.17, 15) is 4.79 Å². The molecule has 0 radical (unpaired) electrons. The van der Waals surface area contributed by atoms with Gasteiger partial charge in [0, 0.05) is 5.54 Å². The Morgan fingerprint density at radius 2 is 2.00 bits per heavy atom. The minimum Gasteiger partial charge on any atom is -0.444 e. The summed E-state index contributed by atoms with van der Waals surface area (Å²) in [5.41, 5.74) is 1.26. The molecule has 20 heavy (non-hydrogen) atoms. The number of benzene rings is 1. The van der Waals surface area contributed by atoms with Gasteiger partial charge in [-0.05, 0) is 58.4 Å². The second-order valence-electron chi connectivity index (χ2n) is 6.15. The number of hydrogen-bond acceptors (Lipinski definition) is 3. The zero-order chi connectivity index (χ0) is 15.0. The van der Waals surface area contributed by atoms with E-state index in [1.165, 1.54) is 0 Å². The maximum absolute atomic E-state index is 11.7. The molecule has 1 fully saturated rings. The monoisotopic (exact) mass is 296 g/mol. The van der Waals surface area contributed by atoms with E-state index in [-0.39, 0.29) is 5.54 Å². The van der Waals surface area contributed by atoms with Crippen LogP contribution in [-0.4, -0.2) is 18.7 Å². The van der Waals surface area contributed by atoms with Gasteiger partial charge < -0.3 is 10.1 Å². The summed E-state index contributed by atoms with van der Waals surface area (Å²) < 4.78 is 5.21.